The van der Waals surface area contributed by atoms with Crippen LogP contribution in [-0.4, -0.2) is 26.5 Å². The van der Waals surface area contributed by atoms with Crippen LogP contribution in [0.5, 0.6) is 0 Å². The summed E-state index contributed by atoms with van der Waals surface area (Å²) >= 11 is 3.47. The Kier molecular flexibility index (Phi) is 5.62. The Morgan fingerprint density at radius 1 is 1.35 bits per heavy atom. The molecule has 0 bridgehead atoms. The molecule has 0 spiro atoms. The summed E-state index contributed by atoms with van der Waals surface area (Å²) in [6.07, 6.45) is 0. The van der Waals surface area contributed by atoms with E-state index in [4.69, 9.17) is 0 Å². The van der Waals surface area contributed by atoms with Gasteiger partial charge in [0.05, 0.1) is 5.75 Å². The van der Waals surface area contributed by atoms with Crippen molar-refractivity contribution in [3.63, 3.8) is 0 Å². The van der Waals surface area contributed by atoms with Crippen molar-refractivity contribution < 1.29 is 8.42 Å². The van der Waals surface area contributed by atoms with E-state index in [1.807, 2.05) is 19.1 Å². The van der Waals surface area contributed by atoms with E-state index < -0.39 is 9.84 Å². The smallest absolute Gasteiger partial charge is 0.151 e. The molecule has 5 heteroatoms. The quantitative estimate of drug-likeness (QED) is 0.818. The second kappa shape index (κ2) is 6.52. The molecule has 0 aromatic heterocycles. The number of aryl methyl sites for hydroxylation is 1. The average molecular weight is 320 g/mol. The molecule has 0 atom stereocenters. The summed E-state index contributed by atoms with van der Waals surface area (Å²) in [4.78, 5) is 0. The van der Waals surface area contributed by atoms with Gasteiger partial charge in [-0.15, -0.1) is 0 Å². The van der Waals surface area contributed by atoms with Gasteiger partial charge in [-0.25, -0.2) is 8.42 Å². The third-order valence-electron chi connectivity index (χ3n) is 2.60. The highest BCUT2D eigenvalue weighted by Gasteiger charge is 2.06. The van der Waals surface area contributed by atoms with Crippen LogP contribution in [0.15, 0.2) is 22.7 Å². The molecular weight excluding hydrogens is 302 g/mol. The summed E-state index contributed by atoms with van der Waals surface area (Å²) in [5.74, 6) is 0.418. The van der Waals surface area contributed by atoms with Crippen molar-refractivity contribution in [3.8, 4) is 0 Å². The minimum absolute atomic E-state index is 0.205. The first-order valence-electron chi connectivity index (χ1n) is 5.61. The van der Waals surface area contributed by atoms with Gasteiger partial charge in [0.2, 0.25) is 0 Å². The maximum absolute atomic E-state index is 11.3. The fraction of sp³-hybridized carbons (Fsp3) is 0.500. The van der Waals surface area contributed by atoms with Gasteiger partial charge in [-0.05, 0) is 24.1 Å². The Morgan fingerprint density at radius 2 is 2.06 bits per heavy atom. The molecule has 0 unspecified atom stereocenters. The molecule has 0 radical (unpaired) electrons. The lowest BCUT2D eigenvalue weighted by Gasteiger charge is -2.06. The first-order chi connectivity index (χ1) is 7.94. The first kappa shape index (κ1) is 14.7. The molecule has 17 heavy (non-hydrogen) atoms. The molecule has 96 valence electrons. The second-order valence-electron chi connectivity index (χ2n) is 4.00. The van der Waals surface area contributed by atoms with Crippen LogP contribution in [0.1, 0.15) is 18.1 Å². The fourth-order valence-corrected chi connectivity index (χ4v) is 2.52. The minimum atomic E-state index is -2.86. The van der Waals surface area contributed by atoms with Gasteiger partial charge in [-0.3, -0.25) is 0 Å². The summed E-state index contributed by atoms with van der Waals surface area (Å²) in [6.45, 7) is 4.90. The highest BCUT2D eigenvalue weighted by atomic mass is 79.9. The third kappa shape index (κ3) is 5.19. The summed E-state index contributed by atoms with van der Waals surface area (Å²) < 4.78 is 23.6. The van der Waals surface area contributed by atoms with Gasteiger partial charge in [-0.1, -0.05) is 35.0 Å². The Labute approximate surface area is 112 Å². The number of sulfone groups is 1. The molecule has 0 saturated heterocycles. The highest BCUT2D eigenvalue weighted by Crippen LogP contribution is 2.17. The van der Waals surface area contributed by atoms with E-state index in [1.54, 1.807) is 6.92 Å². The van der Waals surface area contributed by atoms with Crippen LogP contribution in [0.3, 0.4) is 0 Å². The van der Waals surface area contributed by atoms with Crippen LogP contribution in [-0.2, 0) is 16.4 Å². The standard InChI is InChI=1S/C12H18BrNO2S/c1-3-17(15,16)7-6-14-9-11-5-4-10(2)12(13)8-11/h4-5,8,14H,3,6-7,9H2,1-2H3. The number of benzene rings is 1. The molecule has 0 amide bonds. The zero-order chi connectivity index (χ0) is 12.9. The van der Waals surface area contributed by atoms with Crippen LogP contribution in [0.4, 0.5) is 0 Å². The van der Waals surface area contributed by atoms with Gasteiger partial charge in [0, 0.05) is 23.3 Å². The number of hydrogen-bond donors (Lipinski definition) is 1. The predicted molar refractivity (Wildman–Crippen MR) is 74.9 cm³/mol. The SMILES string of the molecule is CCS(=O)(=O)CCNCc1ccc(C)c(Br)c1. The molecular formula is C12H18BrNO2S. The lowest BCUT2D eigenvalue weighted by molar-refractivity contribution is 0.592. The highest BCUT2D eigenvalue weighted by molar-refractivity contribution is 9.10. The van der Waals surface area contributed by atoms with Crippen molar-refractivity contribution in [1.29, 1.82) is 0 Å². The van der Waals surface area contributed by atoms with E-state index in [9.17, 15) is 8.42 Å². The van der Waals surface area contributed by atoms with Crippen LogP contribution in [0, 0.1) is 6.92 Å². The molecule has 0 saturated carbocycles. The zero-order valence-electron chi connectivity index (χ0n) is 10.2. The van der Waals surface area contributed by atoms with Gasteiger partial charge in [-0.2, -0.15) is 0 Å². The van der Waals surface area contributed by atoms with Crippen molar-refractivity contribution in [2.24, 2.45) is 0 Å². The molecule has 1 rings (SSSR count). The summed E-state index contributed by atoms with van der Waals surface area (Å²) in [5, 5.41) is 3.14. The Balaban J connectivity index is 2.39. The van der Waals surface area contributed by atoms with Gasteiger partial charge in [0.15, 0.2) is 9.84 Å². The van der Waals surface area contributed by atoms with E-state index in [1.165, 1.54) is 5.56 Å². The Morgan fingerprint density at radius 3 is 2.65 bits per heavy atom. The van der Waals surface area contributed by atoms with E-state index >= 15 is 0 Å². The molecule has 1 aromatic rings. The topological polar surface area (TPSA) is 46.2 Å². The van der Waals surface area contributed by atoms with Crippen molar-refractivity contribution in [2.45, 2.75) is 20.4 Å². The molecule has 1 aromatic carbocycles. The van der Waals surface area contributed by atoms with E-state index in [0.717, 1.165) is 10.0 Å². The Hall–Kier alpha value is -0.390. The molecule has 0 aliphatic heterocycles. The molecule has 0 aliphatic carbocycles. The maximum Gasteiger partial charge on any atom is 0.151 e. The normalized spacial score (nSPS) is 11.7. The fourth-order valence-electron chi connectivity index (χ4n) is 1.35. The number of hydrogen-bond acceptors (Lipinski definition) is 3. The van der Waals surface area contributed by atoms with Crippen molar-refractivity contribution in [1.82, 2.24) is 5.32 Å². The van der Waals surface area contributed by atoms with E-state index in [0.29, 0.717) is 13.1 Å². The van der Waals surface area contributed by atoms with Gasteiger partial charge < -0.3 is 5.32 Å². The largest absolute Gasteiger partial charge is 0.312 e. The molecule has 0 heterocycles. The summed E-state index contributed by atoms with van der Waals surface area (Å²) in [6, 6.07) is 6.14. The molecule has 0 fully saturated rings. The van der Waals surface area contributed by atoms with Crippen LogP contribution < -0.4 is 5.32 Å². The van der Waals surface area contributed by atoms with Crippen LogP contribution in [0.25, 0.3) is 0 Å². The zero-order valence-corrected chi connectivity index (χ0v) is 12.6. The molecule has 1 N–H and O–H groups in total. The Bertz CT molecular complexity index is 471. The van der Waals surface area contributed by atoms with Gasteiger partial charge >= 0.3 is 0 Å². The van der Waals surface area contributed by atoms with Gasteiger partial charge in [0.25, 0.3) is 0 Å². The number of rotatable bonds is 6. The van der Waals surface area contributed by atoms with E-state index in [-0.39, 0.29) is 11.5 Å². The number of halogens is 1. The first-order valence-corrected chi connectivity index (χ1v) is 8.22. The van der Waals surface area contributed by atoms with Crippen LogP contribution in [0.2, 0.25) is 0 Å². The third-order valence-corrected chi connectivity index (χ3v) is 5.16. The molecule has 0 aliphatic rings. The van der Waals surface area contributed by atoms with Gasteiger partial charge in [0.1, 0.15) is 0 Å². The minimum Gasteiger partial charge on any atom is -0.312 e. The molecule has 3 nitrogen and oxygen atoms in total. The lowest BCUT2D eigenvalue weighted by Crippen LogP contribution is -2.23. The average Bonchev–Trinajstić information content (AvgIpc) is 2.29. The lowest BCUT2D eigenvalue weighted by atomic mass is 10.1. The second-order valence-corrected chi connectivity index (χ2v) is 7.32. The monoisotopic (exact) mass is 319 g/mol. The maximum atomic E-state index is 11.3. The number of nitrogens with one attached hydrogen (secondary N) is 1. The summed E-state index contributed by atoms with van der Waals surface area (Å²) in [7, 11) is -2.86. The summed E-state index contributed by atoms with van der Waals surface area (Å²) in [5.41, 5.74) is 2.35. The van der Waals surface area contributed by atoms with Crippen molar-refractivity contribution in [2.75, 3.05) is 18.1 Å². The van der Waals surface area contributed by atoms with Crippen LogP contribution >= 0.6 is 15.9 Å². The van der Waals surface area contributed by atoms with Crippen molar-refractivity contribution in [3.05, 3.63) is 33.8 Å². The predicted octanol–water partition coefficient (Wildman–Crippen LogP) is 2.28. The van der Waals surface area contributed by atoms with Crippen molar-refractivity contribution >= 4 is 25.8 Å². The van der Waals surface area contributed by atoms with E-state index in [2.05, 4.69) is 27.3 Å².